The van der Waals surface area contributed by atoms with Crippen molar-refractivity contribution in [3.63, 3.8) is 0 Å². The third-order valence-electron chi connectivity index (χ3n) is 2.81. The number of benzene rings is 1. The summed E-state index contributed by atoms with van der Waals surface area (Å²) >= 11 is 0. The van der Waals surface area contributed by atoms with Gasteiger partial charge in [0.2, 0.25) is 0 Å². The Labute approximate surface area is 116 Å². The highest BCUT2D eigenvalue weighted by molar-refractivity contribution is 7.91. The molecule has 0 saturated carbocycles. The minimum atomic E-state index is -3.55. The number of carbonyl (C=O) groups is 1. The average molecular weight is 291 g/mol. The third kappa shape index (κ3) is 3.42. The van der Waals surface area contributed by atoms with E-state index < -0.39 is 28.0 Å². The first-order valence-electron chi connectivity index (χ1n) is 5.94. The van der Waals surface area contributed by atoms with Crippen LogP contribution in [0.2, 0.25) is 0 Å². The quantitative estimate of drug-likeness (QED) is 0.910. The molecule has 6 heteroatoms. The second-order valence-corrected chi connectivity index (χ2v) is 6.33. The standard InChI is InChI=1S/C14H13NO4S/c16-14(17)7-10-20(18,19)13-3-1-11(2-4-13)12-5-8-15-9-6-12/h1-6,8-9H,7,10H2,(H,16,17). The number of rotatable bonds is 5. The maximum absolute atomic E-state index is 11.9. The number of carboxylic acid groups (broad SMARTS) is 1. The van der Waals surface area contributed by atoms with Crippen molar-refractivity contribution in [2.45, 2.75) is 11.3 Å². The summed E-state index contributed by atoms with van der Waals surface area (Å²) in [5.74, 6) is -1.52. The van der Waals surface area contributed by atoms with E-state index in [0.717, 1.165) is 11.1 Å². The average Bonchev–Trinajstić information content (AvgIpc) is 2.46. The molecule has 0 saturated heterocycles. The first-order chi connectivity index (χ1) is 9.49. The molecule has 0 bridgehead atoms. The Morgan fingerprint density at radius 2 is 1.55 bits per heavy atom. The molecule has 104 valence electrons. The summed E-state index contributed by atoms with van der Waals surface area (Å²) in [5, 5.41) is 8.55. The van der Waals surface area contributed by atoms with Crippen LogP contribution in [-0.2, 0) is 14.6 Å². The van der Waals surface area contributed by atoms with E-state index in [4.69, 9.17) is 5.11 Å². The van der Waals surface area contributed by atoms with Crippen molar-refractivity contribution in [2.75, 3.05) is 5.75 Å². The van der Waals surface area contributed by atoms with Gasteiger partial charge in [-0.25, -0.2) is 8.42 Å². The summed E-state index contributed by atoms with van der Waals surface area (Å²) in [6.45, 7) is 0. The monoisotopic (exact) mass is 291 g/mol. The maximum Gasteiger partial charge on any atom is 0.304 e. The summed E-state index contributed by atoms with van der Waals surface area (Å²) < 4.78 is 23.8. The molecule has 1 N–H and O–H groups in total. The lowest BCUT2D eigenvalue weighted by molar-refractivity contribution is -0.136. The summed E-state index contributed by atoms with van der Waals surface area (Å²) in [4.78, 5) is 14.5. The lowest BCUT2D eigenvalue weighted by atomic mass is 10.1. The van der Waals surface area contributed by atoms with E-state index in [0.29, 0.717) is 0 Å². The van der Waals surface area contributed by atoms with E-state index in [1.165, 1.54) is 12.1 Å². The van der Waals surface area contributed by atoms with Gasteiger partial charge < -0.3 is 5.11 Å². The van der Waals surface area contributed by atoms with E-state index in [9.17, 15) is 13.2 Å². The molecule has 0 amide bonds. The second-order valence-electron chi connectivity index (χ2n) is 4.22. The van der Waals surface area contributed by atoms with E-state index in [2.05, 4.69) is 4.98 Å². The molecule has 5 nitrogen and oxygen atoms in total. The SMILES string of the molecule is O=C(O)CCS(=O)(=O)c1ccc(-c2ccncc2)cc1. The molecule has 0 spiro atoms. The third-order valence-corrected chi connectivity index (χ3v) is 4.54. The maximum atomic E-state index is 11.9. The normalized spacial score (nSPS) is 11.2. The van der Waals surface area contributed by atoms with Crippen LogP contribution in [0.15, 0.2) is 53.7 Å². The Bertz CT molecular complexity index is 694. The lowest BCUT2D eigenvalue weighted by Crippen LogP contribution is -2.10. The van der Waals surface area contributed by atoms with Crippen molar-refractivity contribution in [1.82, 2.24) is 4.98 Å². The number of aromatic nitrogens is 1. The zero-order valence-electron chi connectivity index (χ0n) is 10.6. The van der Waals surface area contributed by atoms with E-state index in [1.807, 2.05) is 12.1 Å². The van der Waals surface area contributed by atoms with Gasteiger partial charge in [-0.1, -0.05) is 12.1 Å². The highest BCUT2D eigenvalue weighted by Gasteiger charge is 2.16. The van der Waals surface area contributed by atoms with Crippen LogP contribution in [0, 0.1) is 0 Å². The van der Waals surface area contributed by atoms with Gasteiger partial charge in [0.15, 0.2) is 9.84 Å². The Morgan fingerprint density at radius 3 is 2.10 bits per heavy atom. The van der Waals surface area contributed by atoms with E-state index in [-0.39, 0.29) is 4.90 Å². The number of pyridine rings is 1. The van der Waals surface area contributed by atoms with Gasteiger partial charge in [0.1, 0.15) is 0 Å². The van der Waals surface area contributed by atoms with E-state index in [1.54, 1.807) is 24.5 Å². The molecule has 1 aromatic heterocycles. The predicted molar refractivity (Wildman–Crippen MR) is 74.0 cm³/mol. The molecule has 0 aliphatic rings. The zero-order chi connectivity index (χ0) is 14.6. The van der Waals surface area contributed by atoms with Crippen LogP contribution >= 0.6 is 0 Å². The lowest BCUT2D eigenvalue weighted by Gasteiger charge is -2.05. The molecule has 1 heterocycles. The fourth-order valence-corrected chi connectivity index (χ4v) is 2.97. The van der Waals surface area contributed by atoms with Crippen LogP contribution in [0.3, 0.4) is 0 Å². The van der Waals surface area contributed by atoms with E-state index >= 15 is 0 Å². The fourth-order valence-electron chi connectivity index (χ4n) is 1.74. The first-order valence-corrected chi connectivity index (χ1v) is 7.59. The first kappa shape index (κ1) is 14.2. The molecular weight excluding hydrogens is 278 g/mol. The van der Waals surface area contributed by atoms with Gasteiger partial charge in [-0.3, -0.25) is 9.78 Å². The number of nitrogens with zero attached hydrogens (tertiary/aromatic N) is 1. The van der Waals surface area contributed by atoms with Crippen LogP contribution in [0.5, 0.6) is 0 Å². The minimum absolute atomic E-state index is 0.136. The van der Waals surface area contributed by atoms with Crippen molar-refractivity contribution in [1.29, 1.82) is 0 Å². The Kier molecular flexibility index (Phi) is 4.14. The fraction of sp³-hybridized carbons (Fsp3) is 0.143. The molecule has 0 aliphatic heterocycles. The highest BCUT2D eigenvalue weighted by atomic mass is 32.2. The number of hydrogen-bond acceptors (Lipinski definition) is 4. The van der Waals surface area contributed by atoms with Gasteiger partial charge in [-0.2, -0.15) is 0 Å². The molecule has 0 radical (unpaired) electrons. The van der Waals surface area contributed by atoms with Crippen LogP contribution in [0.25, 0.3) is 11.1 Å². The Hall–Kier alpha value is -2.21. The molecule has 0 atom stereocenters. The minimum Gasteiger partial charge on any atom is -0.481 e. The summed E-state index contributed by atoms with van der Waals surface area (Å²) in [7, 11) is -3.55. The largest absolute Gasteiger partial charge is 0.481 e. The van der Waals surface area contributed by atoms with Crippen molar-refractivity contribution in [3.05, 3.63) is 48.8 Å². The zero-order valence-corrected chi connectivity index (χ0v) is 11.4. The summed E-state index contributed by atoms with van der Waals surface area (Å²) in [6.07, 6.45) is 2.92. The highest BCUT2D eigenvalue weighted by Crippen LogP contribution is 2.21. The topological polar surface area (TPSA) is 84.3 Å². The second kappa shape index (κ2) is 5.83. The van der Waals surface area contributed by atoms with Crippen LogP contribution in [0.1, 0.15) is 6.42 Å². The van der Waals surface area contributed by atoms with Crippen molar-refractivity contribution in [3.8, 4) is 11.1 Å². The van der Waals surface area contributed by atoms with Crippen molar-refractivity contribution >= 4 is 15.8 Å². The molecule has 0 aliphatic carbocycles. The van der Waals surface area contributed by atoms with Crippen molar-refractivity contribution in [2.24, 2.45) is 0 Å². The van der Waals surface area contributed by atoms with Crippen LogP contribution < -0.4 is 0 Å². The van der Waals surface area contributed by atoms with Gasteiger partial charge >= 0.3 is 5.97 Å². The van der Waals surface area contributed by atoms with Gasteiger partial charge in [0.05, 0.1) is 17.1 Å². The number of hydrogen-bond donors (Lipinski definition) is 1. The number of sulfone groups is 1. The molecule has 0 fully saturated rings. The predicted octanol–water partition coefficient (Wildman–Crippen LogP) is 2.00. The van der Waals surface area contributed by atoms with Crippen LogP contribution in [0.4, 0.5) is 0 Å². The van der Waals surface area contributed by atoms with Gasteiger partial charge in [0, 0.05) is 12.4 Å². The van der Waals surface area contributed by atoms with Crippen molar-refractivity contribution < 1.29 is 18.3 Å². The van der Waals surface area contributed by atoms with Crippen LogP contribution in [-0.4, -0.2) is 30.2 Å². The Morgan fingerprint density at radius 1 is 1.00 bits per heavy atom. The Balaban J connectivity index is 2.22. The summed E-state index contributed by atoms with van der Waals surface area (Å²) in [5.41, 5.74) is 1.82. The van der Waals surface area contributed by atoms with Gasteiger partial charge in [-0.05, 0) is 35.4 Å². The molecule has 1 aromatic carbocycles. The number of aliphatic carboxylic acids is 1. The molecular formula is C14H13NO4S. The van der Waals surface area contributed by atoms with Gasteiger partial charge in [0.25, 0.3) is 0 Å². The molecule has 2 rings (SSSR count). The number of carboxylic acids is 1. The van der Waals surface area contributed by atoms with Gasteiger partial charge in [-0.15, -0.1) is 0 Å². The molecule has 0 unspecified atom stereocenters. The summed E-state index contributed by atoms with van der Waals surface area (Å²) in [6, 6.07) is 10.0. The molecule has 20 heavy (non-hydrogen) atoms. The smallest absolute Gasteiger partial charge is 0.304 e. The molecule has 2 aromatic rings.